The van der Waals surface area contributed by atoms with E-state index < -0.39 is 6.61 Å². The molecule has 0 unspecified atom stereocenters. The molecule has 0 aliphatic heterocycles. The standard InChI is InChI=1S/C13H6Cl4F2O/c14-8-3-6(1-2-11(8)20-13(18)19)7-4-9(15)12(17)10(16)5-7/h1-5,13H. The Bertz CT molecular complexity index is 623. The van der Waals surface area contributed by atoms with Gasteiger partial charge in [0.15, 0.2) is 0 Å². The zero-order chi connectivity index (χ0) is 14.9. The fourth-order valence-corrected chi connectivity index (χ4v) is 2.42. The normalized spacial score (nSPS) is 10.9. The topological polar surface area (TPSA) is 9.23 Å². The first kappa shape index (κ1) is 15.6. The Morgan fingerprint density at radius 3 is 1.85 bits per heavy atom. The van der Waals surface area contributed by atoms with Crippen LogP contribution in [0.3, 0.4) is 0 Å². The molecular formula is C13H6Cl4F2O. The molecule has 0 heterocycles. The Balaban J connectivity index is 2.41. The van der Waals surface area contributed by atoms with Crippen LogP contribution >= 0.6 is 46.4 Å². The molecule has 1 nitrogen and oxygen atoms in total. The predicted molar refractivity (Wildman–Crippen MR) is 78.6 cm³/mol. The number of hydrogen-bond donors (Lipinski definition) is 0. The molecule has 0 aliphatic carbocycles. The van der Waals surface area contributed by atoms with Gasteiger partial charge in [0.2, 0.25) is 0 Å². The van der Waals surface area contributed by atoms with Crippen molar-refractivity contribution in [2.24, 2.45) is 0 Å². The molecule has 20 heavy (non-hydrogen) atoms. The lowest BCUT2D eigenvalue weighted by atomic mass is 10.1. The number of alkyl halides is 2. The Morgan fingerprint density at radius 1 is 0.800 bits per heavy atom. The highest BCUT2D eigenvalue weighted by Crippen LogP contribution is 2.37. The first-order chi connectivity index (χ1) is 9.38. The second kappa shape index (κ2) is 6.35. The molecule has 0 N–H and O–H groups in total. The molecule has 0 saturated carbocycles. The summed E-state index contributed by atoms with van der Waals surface area (Å²) >= 11 is 23.6. The van der Waals surface area contributed by atoms with E-state index in [0.717, 1.165) is 0 Å². The summed E-state index contributed by atoms with van der Waals surface area (Å²) in [5.41, 5.74) is 1.31. The van der Waals surface area contributed by atoms with Gasteiger partial charge >= 0.3 is 6.61 Å². The molecule has 0 saturated heterocycles. The summed E-state index contributed by atoms with van der Waals surface area (Å²) in [6.45, 7) is -2.93. The van der Waals surface area contributed by atoms with Gasteiger partial charge in [0.05, 0.1) is 20.1 Å². The largest absolute Gasteiger partial charge is 0.433 e. The van der Waals surface area contributed by atoms with Gasteiger partial charge in [-0.15, -0.1) is 0 Å². The van der Waals surface area contributed by atoms with Gasteiger partial charge in [-0.25, -0.2) is 0 Å². The van der Waals surface area contributed by atoms with Crippen molar-refractivity contribution in [3.8, 4) is 16.9 Å². The van der Waals surface area contributed by atoms with Crippen molar-refractivity contribution in [1.29, 1.82) is 0 Å². The van der Waals surface area contributed by atoms with E-state index in [0.29, 0.717) is 11.1 Å². The van der Waals surface area contributed by atoms with Crippen LogP contribution in [-0.2, 0) is 0 Å². The maximum atomic E-state index is 12.1. The molecule has 0 radical (unpaired) electrons. The number of hydrogen-bond acceptors (Lipinski definition) is 1. The third kappa shape index (κ3) is 3.47. The molecule has 0 amide bonds. The Labute approximate surface area is 134 Å². The van der Waals surface area contributed by atoms with Crippen molar-refractivity contribution >= 4 is 46.4 Å². The molecule has 106 valence electrons. The summed E-state index contributed by atoms with van der Waals surface area (Å²) in [6.07, 6.45) is 0. The van der Waals surface area contributed by atoms with Gasteiger partial charge in [-0.05, 0) is 35.4 Å². The van der Waals surface area contributed by atoms with E-state index in [4.69, 9.17) is 46.4 Å². The third-order valence-electron chi connectivity index (χ3n) is 2.47. The van der Waals surface area contributed by atoms with E-state index >= 15 is 0 Å². The monoisotopic (exact) mass is 356 g/mol. The van der Waals surface area contributed by atoms with Crippen LogP contribution in [0.1, 0.15) is 0 Å². The van der Waals surface area contributed by atoms with Gasteiger partial charge < -0.3 is 4.74 Å². The third-order valence-corrected chi connectivity index (χ3v) is 3.96. The Morgan fingerprint density at radius 2 is 1.35 bits per heavy atom. The predicted octanol–water partition coefficient (Wildman–Crippen LogP) is 6.57. The minimum atomic E-state index is -2.93. The lowest BCUT2D eigenvalue weighted by Gasteiger charge is -2.10. The zero-order valence-corrected chi connectivity index (χ0v) is 12.7. The maximum absolute atomic E-state index is 12.1. The molecule has 2 aromatic carbocycles. The van der Waals surface area contributed by atoms with E-state index in [-0.39, 0.29) is 25.8 Å². The minimum absolute atomic E-state index is 0.0602. The quantitative estimate of drug-likeness (QED) is 0.564. The number of rotatable bonds is 3. The van der Waals surface area contributed by atoms with E-state index in [9.17, 15) is 8.78 Å². The van der Waals surface area contributed by atoms with Crippen molar-refractivity contribution in [1.82, 2.24) is 0 Å². The fraction of sp³-hybridized carbons (Fsp3) is 0.0769. The molecular weight excluding hydrogens is 352 g/mol. The molecule has 0 atom stereocenters. The SMILES string of the molecule is FC(F)Oc1ccc(-c2cc(Cl)c(Cl)c(Cl)c2)cc1Cl. The maximum Gasteiger partial charge on any atom is 0.387 e. The summed E-state index contributed by atoms with van der Waals surface area (Å²) in [6, 6.07) is 7.61. The summed E-state index contributed by atoms with van der Waals surface area (Å²) in [7, 11) is 0. The average Bonchev–Trinajstić information content (AvgIpc) is 2.37. The Kier molecular flexibility index (Phi) is 4.97. The van der Waals surface area contributed by atoms with Crippen LogP contribution in [0.25, 0.3) is 11.1 Å². The molecule has 0 aliphatic rings. The molecule has 2 aromatic rings. The van der Waals surface area contributed by atoms with Crippen LogP contribution in [0, 0.1) is 0 Å². The van der Waals surface area contributed by atoms with Crippen molar-refractivity contribution in [3.05, 3.63) is 50.4 Å². The average molecular weight is 358 g/mol. The lowest BCUT2D eigenvalue weighted by Crippen LogP contribution is -2.02. The van der Waals surface area contributed by atoms with Crippen LogP contribution < -0.4 is 4.74 Å². The van der Waals surface area contributed by atoms with Crippen LogP contribution in [0.2, 0.25) is 20.1 Å². The van der Waals surface area contributed by atoms with Crippen LogP contribution in [-0.4, -0.2) is 6.61 Å². The fourth-order valence-electron chi connectivity index (χ4n) is 1.59. The lowest BCUT2D eigenvalue weighted by molar-refractivity contribution is -0.0497. The molecule has 0 bridgehead atoms. The van der Waals surface area contributed by atoms with Crippen LogP contribution in [0.15, 0.2) is 30.3 Å². The van der Waals surface area contributed by atoms with Gasteiger partial charge in [-0.2, -0.15) is 8.78 Å². The van der Waals surface area contributed by atoms with Crippen molar-refractivity contribution in [2.75, 3.05) is 0 Å². The molecule has 2 rings (SSSR count). The first-order valence-corrected chi connectivity index (χ1v) is 6.79. The molecule has 0 aromatic heterocycles. The first-order valence-electron chi connectivity index (χ1n) is 5.27. The van der Waals surface area contributed by atoms with Crippen LogP contribution in [0.4, 0.5) is 8.78 Å². The number of halogens is 6. The number of ether oxygens (including phenoxy) is 1. The zero-order valence-electron chi connectivity index (χ0n) is 9.64. The van der Waals surface area contributed by atoms with E-state index in [1.807, 2.05) is 0 Å². The van der Waals surface area contributed by atoms with Gasteiger partial charge in [0.25, 0.3) is 0 Å². The molecule has 7 heteroatoms. The van der Waals surface area contributed by atoms with Crippen molar-refractivity contribution in [2.45, 2.75) is 6.61 Å². The highest BCUT2D eigenvalue weighted by molar-refractivity contribution is 6.48. The van der Waals surface area contributed by atoms with Gasteiger partial charge in [0, 0.05) is 0 Å². The Hall–Kier alpha value is -0.740. The highest BCUT2D eigenvalue weighted by atomic mass is 35.5. The second-order valence-corrected chi connectivity index (χ2v) is 5.38. The molecule has 0 spiro atoms. The van der Waals surface area contributed by atoms with Gasteiger partial charge in [-0.1, -0.05) is 52.5 Å². The smallest absolute Gasteiger partial charge is 0.387 e. The summed E-state index contributed by atoms with van der Waals surface area (Å²) in [4.78, 5) is 0. The van der Waals surface area contributed by atoms with E-state index in [1.54, 1.807) is 18.2 Å². The summed E-state index contributed by atoms with van der Waals surface area (Å²) in [5.74, 6) is -0.100. The summed E-state index contributed by atoms with van der Waals surface area (Å²) in [5, 5.41) is 0.891. The van der Waals surface area contributed by atoms with E-state index in [1.165, 1.54) is 12.1 Å². The minimum Gasteiger partial charge on any atom is -0.433 e. The van der Waals surface area contributed by atoms with Gasteiger partial charge in [0.1, 0.15) is 5.75 Å². The number of benzene rings is 2. The second-order valence-electron chi connectivity index (χ2n) is 3.78. The van der Waals surface area contributed by atoms with Crippen molar-refractivity contribution in [3.63, 3.8) is 0 Å². The summed E-state index contributed by atoms with van der Waals surface area (Å²) < 4.78 is 28.6. The van der Waals surface area contributed by atoms with Gasteiger partial charge in [-0.3, -0.25) is 0 Å². The highest BCUT2D eigenvalue weighted by Gasteiger charge is 2.12. The van der Waals surface area contributed by atoms with E-state index in [2.05, 4.69) is 4.74 Å². The molecule has 0 fully saturated rings. The van der Waals surface area contributed by atoms with Crippen LogP contribution in [0.5, 0.6) is 5.75 Å². The van der Waals surface area contributed by atoms with Crippen molar-refractivity contribution < 1.29 is 13.5 Å².